The fourth-order valence-electron chi connectivity index (χ4n) is 1.52. The summed E-state index contributed by atoms with van der Waals surface area (Å²) in [5, 5.41) is 0. The molecule has 0 saturated carbocycles. The minimum absolute atomic E-state index is 0.171. The number of hydrogen-bond donors (Lipinski definition) is 0. The number of hydrogen-bond acceptors (Lipinski definition) is 4. The summed E-state index contributed by atoms with van der Waals surface area (Å²) >= 11 is 1.09. The number of rotatable bonds is 2. The molecular formula is C12H9F2NO2S. The average molecular weight is 269 g/mol. The minimum Gasteiger partial charge on any atom is -0.465 e. The maximum atomic E-state index is 13.1. The summed E-state index contributed by atoms with van der Waals surface area (Å²) in [4.78, 5) is 15.9. The van der Waals surface area contributed by atoms with E-state index in [2.05, 4.69) is 9.72 Å². The number of methoxy groups -OCH3 is 1. The van der Waals surface area contributed by atoms with Crippen LogP contribution in [0.4, 0.5) is 8.78 Å². The lowest BCUT2D eigenvalue weighted by molar-refractivity contribution is 0.0606. The Bertz CT molecular complexity index is 590. The monoisotopic (exact) mass is 269 g/mol. The Kier molecular flexibility index (Phi) is 3.38. The van der Waals surface area contributed by atoms with Crippen molar-refractivity contribution in [1.29, 1.82) is 0 Å². The van der Waals surface area contributed by atoms with Crippen LogP contribution in [0.15, 0.2) is 18.2 Å². The smallest absolute Gasteiger partial charge is 0.348 e. The third-order valence-electron chi connectivity index (χ3n) is 2.30. The van der Waals surface area contributed by atoms with E-state index < -0.39 is 17.7 Å². The molecule has 94 valence electrons. The summed E-state index contributed by atoms with van der Waals surface area (Å²) in [7, 11) is 1.27. The standard InChI is InChI=1S/C12H9F2NO2S/c1-6-3-9(12(16)17-2)18-11(6)8-4-7(13)5-10(14)15-8/h3-5H,1-2H3. The molecule has 0 radical (unpaired) electrons. The fraction of sp³-hybridized carbons (Fsp3) is 0.167. The number of nitrogens with zero attached hydrogens (tertiary/aromatic N) is 1. The van der Waals surface area contributed by atoms with Gasteiger partial charge >= 0.3 is 5.97 Å². The third-order valence-corrected chi connectivity index (χ3v) is 3.54. The number of carbonyl (C=O) groups excluding carboxylic acids is 1. The van der Waals surface area contributed by atoms with Crippen LogP contribution in [0.2, 0.25) is 0 Å². The van der Waals surface area contributed by atoms with Gasteiger partial charge in [0.2, 0.25) is 5.95 Å². The molecule has 0 unspecified atom stereocenters. The Hall–Kier alpha value is -1.82. The Morgan fingerprint density at radius 2 is 2.06 bits per heavy atom. The quantitative estimate of drug-likeness (QED) is 0.621. The van der Waals surface area contributed by atoms with Crippen LogP contribution in [0, 0.1) is 18.7 Å². The van der Waals surface area contributed by atoms with Crippen molar-refractivity contribution >= 4 is 17.3 Å². The Balaban J connectivity index is 2.50. The second-order valence-corrected chi connectivity index (χ2v) is 4.66. The number of aromatic nitrogens is 1. The molecule has 0 bridgehead atoms. The average Bonchev–Trinajstić information content (AvgIpc) is 2.69. The van der Waals surface area contributed by atoms with E-state index in [-0.39, 0.29) is 5.69 Å². The number of carbonyl (C=O) groups is 1. The van der Waals surface area contributed by atoms with E-state index >= 15 is 0 Å². The molecule has 0 amide bonds. The lowest BCUT2D eigenvalue weighted by Crippen LogP contribution is -1.96. The summed E-state index contributed by atoms with van der Waals surface area (Å²) in [5.41, 5.74) is 0.892. The molecule has 0 atom stereocenters. The summed E-state index contributed by atoms with van der Waals surface area (Å²) in [5.74, 6) is -2.08. The Morgan fingerprint density at radius 3 is 2.67 bits per heavy atom. The van der Waals surface area contributed by atoms with Gasteiger partial charge in [-0.1, -0.05) is 0 Å². The predicted molar refractivity (Wildman–Crippen MR) is 63.5 cm³/mol. The van der Waals surface area contributed by atoms with Crippen molar-refractivity contribution in [2.75, 3.05) is 7.11 Å². The van der Waals surface area contributed by atoms with E-state index in [1.165, 1.54) is 7.11 Å². The molecule has 0 saturated heterocycles. The second kappa shape index (κ2) is 4.81. The molecule has 0 fully saturated rings. The molecule has 0 aliphatic heterocycles. The van der Waals surface area contributed by atoms with Crippen LogP contribution in [-0.2, 0) is 4.74 Å². The normalized spacial score (nSPS) is 10.4. The van der Waals surface area contributed by atoms with Gasteiger partial charge in [0, 0.05) is 12.1 Å². The van der Waals surface area contributed by atoms with Crippen LogP contribution in [0.5, 0.6) is 0 Å². The SMILES string of the molecule is COC(=O)c1cc(C)c(-c2cc(F)cc(F)n2)s1. The topological polar surface area (TPSA) is 39.2 Å². The van der Waals surface area contributed by atoms with E-state index in [1.807, 2.05) is 0 Å². The maximum absolute atomic E-state index is 13.1. The molecule has 3 nitrogen and oxygen atoms in total. The number of ether oxygens (including phenoxy) is 1. The molecule has 2 aromatic heterocycles. The first-order valence-electron chi connectivity index (χ1n) is 5.03. The van der Waals surface area contributed by atoms with Gasteiger partial charge in [0.1, 0.15) is 10.7 Å². The van der Waals surface area contributed by atoms with Crippen LogP contribution in [0.1, 0.15) is 15.2 Å². The van der Waals surface area contributed by atoms with Crippen LogP contribution in [0.25, 0.3) is 10.6 Å². The summed E-state index contributed by atoms with van der Waals surface area (Å²) in [6.07, 6.45) is 0. The maximum Gasteiger partial charge on any atom is 0.348 e. The molecule has 0 aliphatic rings. The Morgan fingerprint density at radius 1 is 1.33 bits per heavy atom. The van der Waals surface area contributed by atoms with Gasteiger partial charge in [-0.2, -0.15) is 4.39 Å². The lowest BCUT2D eigenvalue weighted by atomic mass is 10.2. The van der Waals surface area contributed by atoms with Crippen molar-refractivity contribution in [2.24, 2.45) is 0 Å². The molecule has 0 aliphatic carbocycles. The predicted octanol–water partition coefficient (Wildman–Crippen LogP) is 3.18. The highest BCUT2D eigenvalue weighted by Crippen LogP contribution is 2.32. The molecule has 0 spiro atoms. The first kappa shape index (κ1) is 12.6. The highest BCUT2D eigenvalue weighted by atomic mass is 32.1. The van der Waals surface area contributed by atoms with Crippen molar-refractivity contribution in [3.8, 4) is 10.6 Å². The van der Waals surface area contributed by atoms with Gasteiger partial charge in [-0.05, 0) is 18.6 Å². The molecular weight excluding hydrogens is 260 g/mol. The largest absolute Gasteiger partial charge is 0.465 e. The van der Waals surface area contributed by atoms with Gasteiger partial charge in [-0.3, -0.25) is 0 Å². The van der Waals surface area contributed by atoms with E-state index in [9.17, 15) is 13.6 Å². The van der Waals surface area contributed by atoms with Crippen LogP contribution in [-0.4, -0.2) is 18.1 Å². The summed E-state index contributed by atoms with van der Waals surface area (Å²) < 4.78 is 30.7. The van der Waals surface area contributed by atoms with Crippen molar-refractivity contribution in [2.45, 2.75) is 6.92 Å². The zero-order chi connectivity index (χ0) is 13.3. The van der Waals surface area contributed by atoms with E-state index in [1.54, 1.807) is 13.0 Å². The van der Waals surface area contributed by atoms with Crippen LogP contribution >= 0.6 is 11.3 Å². The van der Waals surface area contributed by atoms with Gasteiger partial charge in [0.05, 0.1) is 17.7 Å². The van der Waals surface area contributed by atoms with Crippen molar-refractivity contribution < 1.29 is 18.3 Å². The highest BCUT2D eigenvalue weighted by molar-refractivity contribution is 7.17. The number of pyridine rings is 1. The Labute approximate surface area is 106 Å². The van der Waals surface area contributed by atoms with E-state index in [0.29, 0.717) is 15.8 Å². The van der Waals surface area contributed by atoms with Crippen LogP contribution in [0.3, 0.4) is 0 Å². The molecule has 18 heavy (non-hydrogen) atoms. The fourth-order valence-corrected chi connectivity index (χ4v) is 2.57. The number of halogens is 2. The summed E-state index contributed by atoms with van der Waals surface area (Å²) in [6, 6.07) is 3.44. The third kappa shape index (κ3) is 2.38. The van der Waals surface area contributed by atoms with Crippen molar-refractivity contribution in [3.63, 3.8) is 0 Å². The molecule has 2 aromatic rings. The molecule has 2 heterocycles. The van der Waals surface area contributed by atoms with Gasteiger partial charge < -0.3 is 4.74 Å². The second-order valence-electron chi connectivity index (χ2n) is 3.61. The van der Waals surface area contributed by atoms with Crippen LogP contribution < -0.4 is 0 Å². The van der Waals surface area contributed by atoms with E-state index in [4.69, 9.17) is 0 Å². The summed E-state index contributed by atoms with van der Waals surface area (Å²) in [6.45, 7) is 1.74. The number of aryl methyl sites for hydroxylation is 1. The van der Waals surface area contributed by atoms with Gasteiger partial charge in [0.15, 0.2) is 0 Å². The van der Waals surface area contributed by atoms with Crippen molar-refractivity contribution in [1.82, 2.24) is 4.98 Å². The number of thiophene rings is 1. The van der Waals surface area contributed by atoms with Gasteiger partial charge in [0.25, 0.3) is 0 Å². The first-order valence-corrected chi connectivity index (χ1v) is 5.85. The highest BCUT2D eigenvalue weighted by Gasteiger charge is 2.16. The zero-order valence-corrected chi connectivity index (χ0v) is 10.5. The molecule has 0 aromatic carbocycles. The number of esters is 1. The van der Waals surface area contributed by atoms with Crippen molar-refractivity contribution in [3.05, 3.63) is 40.4 Å². The van der Waals surface area contributed by atoms with Gasteiger partial charge in [-0.15, -0.1) is 11.3 Å². The zero-order valence-electron chi connectivity index (χ0n) is 9.66. The molecule has 6 heteroatoms. The first-order chi connectivity index (χ1) is 8.51. The molecule has 0 N–H and O–H groups in total. The lowest BCUT2D eigenvalue weighted by Gasteiger charge is -1.99. The molecule has 2 rings (SSSR count). The minimum atomic E-state index is -0.891. The van der Waals surface area contributed by atoms with E-state index in [0.717, 1.165) is 23.0 Å². The van der Waals surface area contributed by atoms with Gasteiger partial charge in [-0.25, -0.2) is 14.2 Å².